The molecule has 2 aromatic carbocycles. The first-order valence-corrected chi connectivity index (χ1v) is 16.1. The topological polar surface area (TPSA) is 129 Å². The van der Waals surface area contributed by atoms with Crippen LogP contribution in [0.15, 0.2) is 36.4 Å². The third-order valence-corrected chi connectivity index (χ3v) is 10.9. The van der Waals surface area contributed by atoms with Gasteiger partial charge in [-0.3, -0.25) is 19.7 Å². The predicted octanol–water partition coefficient (Wildman–Crippen LogP) is 4.29. The monoisotopic (exact) mass is 642 g/mol. The van der Waals surface area contributed by atoms with Crippen LogP contribution in [0.5, 0.6) is 0 Å². The zero-order chi connectivity index (χ0) is 31.4. The maximum absolute atomic E-state index is 14.7. The van der Waals surface area contributed by atoms with E-state index in [2.05, 4.69) is 35.1 Å². The first-order valence-electron chi connectivity index (χ1n) is 15.4. The van der Waals surface area contributed by atoms with E-state index in [1.165, 1.54) is 0 Å². The molecule has 11 heteroatoms. The number of hydrogen-bond donors (Lipinski definition) is 5. The Morgan fingerprint density at radius 1 is 1.05 bits per heavy atom. The van der Waals surface area contributed by atoms with Gasteiger partial charge in [-0.2, -0.15) is 0 Å². The first-order chi connectivity index (χ1) is 20.9. The molecule has 44 heavy (non-hydrogen) atoms. The molecule has 236 valence electrons. The van der Waals surface area contributed by atoms with Crippen molar-refractivity contribution >= 4 is 46.6 Å². The van der Waals surface area contributed by atoms with E-state index in [0.29, 0.717) is 59.1 Å². The van der Waals surface area contributed by atoms with Gasteiger partial charge in [0.1, 0.15) is 5.41 Å². The third-order valence-electron chi connectivity index (χ3n) is 10.4. The molecule has 1 saturated carbocycles. The summed E-state index contributed by atoms with van der Waals surface area (Å²) in [6.07, 6.45) is 4.11. The van der Waals surface area contributed by atoms with Gasteiger partial charge in [-0.25, -0.2) is 0 Å². The number of aliphatic hydroxyl groups excluding tert-OH is 1. The van der Waals surface area contributed by atoms with Crippen LogP contribution in [-0.2, 0) is 19.7 Å². The molecule has 1 aliphatic carbocycles. The number of rotatable bonds is 5. The average Bonchev–Trinajstić information content (AvgIpc) is 3.46. The molecule has 3 fully saturated rings. The zero-order valence-corrected chi connectivity index (χ0v) is 26.8. The number of carbonyl (C=O) groups excluding carboxylic acids is 3. The number of aliphatic hydroxyl groups is 1. The summed E-state index contributed by atoms with van der Waals surface area (Å²) in [7, 11) is 1.55. The number of anilines is 1. The number of halogens is 2. The van der Waals surface area contributed by atoms with E-state index in [9.17, 15) is 19.5 Å². The molecule has 5 atom stereocenters. The lowest BCUT2D eigenvalue weighted by molar-refractivity contribution is -0.126. The summed E-state index contributed by atoms with van der Waals surface area (Å²) in [5.41, 5.74) is 0.508. The molecule has 4 aliphatic rings. The van der Waals surface area contributed by atoms with Crippen LogP contribution in [0.1, 0.15) is 79.8 Å². The van der Waals surface area contributed by atoms with Crippen LogP contribution in [0, 0.1) is 5.41 Å². The highest BCUT2D eigenvalue weighted by molar-refractivity contribution is 6.31. The predicted molar refractivity (Wildman–Crippen MR) is 169 cm³/mol. The third kappa shape index (κ3) is 5.10. The van der Waals surface area contributed by atoms with Crippen LogP contribution < -0.4 is 21.3 Å². The van der Waals surface area contributed by atoms with E-state index in [0.717, 1.165) is 18.4 Å². The van der Waals surface area contributed by atoms with E-state index in [4.69, 9.17) is 27.9 Å². The van der Waals surface area contributed by atoms with Gasteiger partial charge in [-0.1, -0.05) is 43.1 Å². The summed E-state index contributed by atoms with van der Waals surface area (Å²) in [6.45, 7) is 4.70. The van der Waals surface area contributed by atoms with Crippen molar-refractivity contribution in [2.45, 2.75) is 87.4 Å². The maximum Gasteiger partial charge on any atom is 0.251 e. The highest BCUT2D eigenvalue weighted by atomic mass is 35.5. The SMILES string of the molecule is CNC(=O)c1cc(Cl)cc([C@H]2[C@H](C(=O)N[C@@H]3CC[C@@H](CO)OC3)NC3(CCC(C)(C)CC3)[C@@]23C(=O)Nc2cc(Cl)ccc23)c1. The van der Waals surface area contributed by atoms with Gasteiger partial charge in [0.15, 0.2) is 0 Å². The van der Waals surface area contributed by atoms with Gasteiger partial charge in [0.05, 0.1) is 31.4 Å². The van der Waals surface area contributed by atoms with Crippen molar-refractivity contribution in [3.8, 4) is 0 Å². The summed E-state index contributed by atoms with van der Waals surface area (Å²) in [5, 5.41) is 23.1. The molecule has 3 heterocycles. The summed E-state index contributed by atoms with van der Waals surface area (Å²) >= 11 is 13.1. The minimum absolute atomic E-state index is 0.0602. The van der Waals surface area contributed by atoms with E-state index in [1.807, 2.05) is 6.07 Å². The molecule has 2 spiro atoms. The fourth-order valence-electron chi connectivity index (χ4n) is 8.11. The summed E-state index contributed by atoms with van der Waals surface area (Å²) < 4.78 is 5.76. The van der Waals surface area contributed by atoms with E-state index >= 15 is 0 Å². The summed E-state index contributed by atoms with van der Waals surface area (Å²) in [5.74, 6) is -1.47. The molecule has 0 radical (unpaired) electrons. The number of fused-ring (bicyclic) bond motifs is 3. The molecule has 3 amide bonds. The molecular weight excluding hydrogens is 603 g/mol. The van der Waals surface area contributed by atoms with Crippen LogP contribution in [0.3, 0.4) is 0 Å². The largest absolute Gasteiger partial charge is 0.394 e. The van der Waals surface area contributed by atoms with Gasteiger partial charge in [0.25, 0.3) is 5.91 Å². The minimum atomic E-state index is -1.19. The van der Waals surface area contributed by atoms with Gasteiger partial charge in [-0.05, 0) is 85.4 Å². The molecular formula is C33H40Cl2N4O5. The van der Waals surface area contributed by atoms with E-state index in [1.54, 1.807) is 37.4 Å². The lowest BCUT2D eigenvalue weighted by Crippen LogP contribution is -2.61. The fourth-order valence-corrected chi connectivity index (χ4v) is 8.52. The Kier molecular flexibility index (Phi) is 8.24. The molecule has 0 unspecified atom stereocenters. The number of nitrogens with one attached hydrogen (secondary N) is 4. The normalized spacial score (nSPS) is 30.2. The number of carbonyl (C=O) groups is 3. The second-order valence-electron chi connectivity index (χ2n) is 13.6. The van der Waals surface area contributed by atoms with Crippen molar-refractivity contribution in [2.75, 3.05) is 25.6 Å². The van der Waals surface area contributed by atoms with Gasteiger partial charge >= 0.3 is 0 Å². The molecule has 9 nitrogen and oxygen atoms in total. The van der Waals surface area contributed by atoms with Crippen molar-refractivity contribution in [3.63, 3.8) is 0 Å². The minimum Gasteiger partial charge on any atom is -0.394 e. The smallest absolute Gasteiger partial charge is 0.251 e. The second kappa shape index (κ2) is 11.6. The van der Waals surface area contributed by atoms with Crippen molar-refractivity contribution in [3.05, 3.63) is 63.1 Å². The molecule has 6 rings (SSSR count). The Morgan fingerprint density at radius 3 is 2.45 bits per heavy atom. The fraction of sp³-hybridized carbons (Fsp3) is 0.545. The van der Waals surface area contributed by atoms with Crippen LogP contribution >= 0.6 is 23.2 Å². The molecule has 3 aliphatic heterocycles. The van der Waals surface area contributed by atoms with Crippen LogP contribution in [0.4, 0.5) is 5.69 Å². The van der Waals surface area contributed by atoms with Crippen molar-refractivity contribution in [2.24, 2.45) is 5.41 Å². The maximum atomic E-state index is 14.7. The van der Waals surface area contributed by atoms with Crippen LogP contribution in [0.2, 0.25) is 10.0 Å². The lowest BCUT2D eigenvalue weighted by atomic mass is 9.53. The Balaban J connectivity index is 1.53. The van der Waals surface area contributed by atoms with Crippen molar-refractivity contribution < 1.29 is 24.2 Å². The number of ether oxygens (including phenoxy) is 1. The summed E-state index contributed by atoms with van der Waals surface area (Å²) in [4.78, 5) is 42.0. The number of hydrogen-bond acceptors (Lipinski definition) is 6. The van der Waals surface area contributed by atoms with Gasteiger partial charge < -0.3 is 25.8 Å². The van der Waals surface area contributed by atoms with Gasteiger partial charge in [-0.15, -0.1) is 0 Å². The highest BCUT2D eigenvalue weighted by Crippen LogP contribution is 2.63. The lowest BCUT2D eigenvalue weighted by Gasteiger charge is -2.50. The number of benzene rings is 2. The van der Waals surface area contributed by atoms with Crippen LogP contribution in [-0.4, -0.2) is 66.8 Å². The molecule has 0 aromatic heterocycles. The first kappa shape index (κ1) is 31.3. The van der Waals surface area contributed by atoms with E-state index in [-0.39, 0.29) is 41.9 Å². The van der Waals surface area contributed by atoms with Gasteiger partial charge in [0.2, 0.25) is 11.8 Å². The van der Waals surface area contributed by atoms with Gasteiger partial charge in [0, 0.05) is 39.8 Å². The number of amides is 3. The Labute approximate surface area is 267 Å². The highest BCUT2D eigenvalue weighted by Gasteiger charge is 2.72. The Hall–Kier alpha value is -2.69. The quantitative estimate of drug-likeness (QED) is 0.331. The van der Waals surface area contributed by atoms with Crippen molar-refractivity contribution in [1.29, 1.82) is 0 Å². The molecule has 2 aromatic rings. The molecule has 5 N–H and O–H groups in total. The van der Waals surface area contributed by atoms with E-state index < -0.39 is 22.9 Å². The zero-order valence-electron chi connectivity index (χ0n) is 25.3. The molecule has 2 saturated heterocycles. The van der Waals surface area contributed by atoms with Crippen molar-refractivity contribution in [1.82, 2.24) is 16.0 Å². The Bertz CT molecular complexity index is 1480. The molecule has 0 bridgehead atoms. The summed E-state index contributed by atoms with van der Waals surface area (Å²) in [6, 6.07) is 9.50. The standard InChI is InChI=1S/C33H40Cl2N4O5/c1-31(2)8-10-32(11-9-31)33(24-7-4-20(34)15-25(24)38-30(33)43)26(18-12-19(28(41)36-3)14-21(35)13-18)27(39-32)29(42)37-22-5-6-23(16-40)44-17-22/h4,7,12-15,22-23,26-27,39-40H,5-6,8-11,16-17H2,1-3H3,(H,36,41)(H,37,42)(H,38,43)/t22-,23+,26+,27-,33-/m1/s1. The second-order valence-corrected chi connectivity index (χ2v) is 14.4. The average molecular weight is 644 g/mol. The van der Waals surface area contributed by atoms with Crippen LogP contribution in [0.25, 0.3) is 0 Å². The Morgan fingerprint density at radius 2 is 1.80 bits per heavy atom.